The van der Waals surface area contributed by atoms with Crippen molar-refractivity contribution >= 4 is 50.6 Å². The van der Waals surface area contributed by atoms with E-state index in [0.29, 0.717) is 10.7 Å². The van der Waals surface area contributed by atoms with Crippen molar-refractivity contribution in [3.63, 3.8) is 0 Å². The number of nitrogens with zero attached hydrogens (tertiary/aromatic N) is 1. The maximum Gasteiger partial charge on any atom is 0.310 e. The Kier molecular flexibility index (Phi) is 6.10. The molecule has 5 rings (SSSR count). The predicted molar refractivity (Wildman–Crippen MR) is 133 cm³/mol. The number of anilines is 1. The molecule has 0 unspecified atom stereocenters. The van der Waals surface area contributed by atoms with Crippen molar-refractivity contribution in [3.8, 4) is 0 Å². The molecular formula is C27H22N2O4S. The number of furan rings is 1. The van der Waals surface area contributed by atoms with Crippen LogP contribution in [0.15, 0.2) is 76.7 Å². The highest BCUT2D eigenvalue weighted by atomic mass is 32.1. The second-order valence-electron chi connectivity index (χ2n) is 8.03. The summed E-state index contributed by atoms with van der Waals surface area (Å²) in [5, 5.41) is 8.46. The molecule has 6 nitrogen and oxygen atoms in total. The van der Waals surface area contributed by atoms with Gasteiger partial charge in [0.25, 0.3) is 0 Å². The Morgan fingerprint density at radius 2 is 1.85 bits per heavy atom. The van der Waals surface area contributed by atoms with Crippen LogP contribution in [0.4, 0.5) is 5.69 Å². The molecule has 0 saturated carbocycles. The second kappa shape index (κ2) is 9.49. The predicted octanol–water partition coefficient (Wildman–Crippen LogP) is 5.82. The number of benzene rings is 3. The quantitative estimate of drug-likeness (QED) is 0.303. The fraction of sp³-hybridized carbons (Fsp3) is 0.148. The van der Waals surface area contributed by atoms with Crippen LogP contribution in [0.25, 0.3) is 21.7 Å². The minimum Gasteiger partial charge on any atom is -0.464 e. The van der Waals surface area contributed by atoms with Crippen LogP contribution in [0.1, 0.15) is 21.8 Å². The molecule has 2 aromatic heterocycles. The smallest absolute Gasteiger partial charge is 0.310 e. The highest BCUT2D eigenvalue weighted by molar-refractivity contribution is 7.09. The summed E-state index contributed by atoms with van der Waals surface area (Å²) in [7, 11) is 0. The lowest BCUT2D eigenvalue weighted by Crippen LogP contribution is -2.15. The molecule has 0 radical (unpaired) electrons. The van der Waals surface area contributed by atoms with Gasteiger partial charge in [-0.1, -0.05) is 48.5 Å². The van der Waals surface area contributed by atoms with Gasteiger partial charge < -0.3 is 14.5 Å². The van der Waals surface area contributed by atoms with Gasteiger partial charge >= 0.3 is 5.97 Å². The van der Waals surface area contributed by atoms with Crippen LogP contribution in [0.2, 0.25) is 0 Å². The molecule has 0 fully saturated rings. The van der Waals surface area contributed by atoms with E-state index in [1.54, 1.807) is 6.26 Å². The first-order chi connectivity index (χ1) is 16.6. The standard InChI is InChI=1S/C27H22N2O4S/c1-17-6-2-5-9-22(17)29-24(30)13-25-28-20(16-34-25)15-33-26(31)12-19-14-32-23-11-10-18-7-3-4-8-21(18)27(19)23/h2-11,14,16H,12-13,15H2,1H3,(H,29,30). The molecule has 0 aliphatic heterocycles. The van der Waals surface area contributed by atoms with Gasteiger partial charge in [-0.2, -0.15) is 0 Å². The molecular weight excluding hydrogens is 448 g/mol. The van der Waals surface area contributed by atoms with E-state index in [4.69, 9.17) is 9.15 Å². The Labute approximate surface area is 200 Å². The highest BCUT2D eigenvalue weighted by Crippen LogP contribution is 2.30. The lowest BCUT2D eigenvalue weighted by molar-refractivity contribution is -0.144. The van der Waals surface area contributed by atoms with Gasteiger partial charge in [-0.3, -0.25) is 9.59 Å². The number of esters is 1. The number of rotatable bonds is 7. The van der Waals surface area contributed by atoms with E-state index in [0.717, 1.165) is 38.6 Å². The Hall–Kier alpha value is -3.97. The molecule has 7 heteroatoms. The summed E-state index contributed by atoms with van der Waals surface area (Å²) in [6.45, 7) is 2.01. The minimum absolute atomic E-state index is 0.0608. The van der Waals surface area contributed by atoms with Gasteiger partial charge in [-0.15, -0.1) is 11.3 Å². The van der Waals surface area contributed by atoms with Crippen molar-refractivity contribution in [2.45, 2.75) is 26.4 Å². The Morgan fingerprint density at radius 3 is 2.74 bits per heavy atom. The first-order valence-corrected chi connectivity index (χ1v) is 11.8. The molecule has 3 aromatic carbocycles. The average Bonchev–Trinajstić information content (AvgIpc) is 3.46. The summed E-state index contributed by atoms with van der Waals surface area (Å²) < 4.78 is 11.1. The number of thiazole rings is 1. The molecule has 0 bridgehead atoms. The molecule has 0 spiro atoms. The number of ether oxygens (including phenoxy) is 1. The summed E-state index contributed by atoms with van der Waals surface area (Å²) in [5.74, 6) is -0.492. The van der Waals surface area contributed by atoms with Crippen molar-refractivity contribution in [1.29, 1.82) is 0 Å². The minimum atomic E-state index is -0.359. The molecule has 0 aliphatic rings. The van der Waals surface area contributed by atoms with Gasteiger partial charge in [0.05, 0.1) is 24.8 Å². The molecule has 1 N–H and O–H groups in total. The van der Waals surface area contributed by atoms with E-state index in [2.05, 4.69) is 10.3 Å². The van der Waals surface area contributed by atoms with Crippen LogP contribution >= 0.6 is 11.3 Å². The summed E-state index contributed by atoms with van der Waals surface area (Å²) >= 11 is 1.37. The van der Waals surface area contributed by atoms with E-state index >= 15 is 0 Å². The Balaban J connectivity index is 1.19. The van der Waals surface area contributed by atoms with Gasteiger partial charge in [0.15, 0.2) is 0 Å². The number of hydrogen-bond acceptors (Lipinski definition) is 6. The molecule has 5 aromatic rings. The van der Waals surface area contributed by atoms with Crippen molar-refractivity contribution in [2.24, 2.45) is 0 Å². The van der Waals surface area contributed by atoms with Crippen LogP contribution in [0, 0.1) is 6.92 Å². The van der Waals surface area contributed by atoms with Crippen LogP contribution in [-0.2, 0) is 33.8 Å². The fourth-order valence-corrected chi connectivity index (χ4v) is 4.68. The van der Waals surface area contributed by atoms with Crippen molar-refractivity contribution in [1.82, 2.24) is 4.98 Å². The second-order valence-corrected chi connectivity index (χ2v) is 8.97. The van der Waals surface area contributed by atoms with Gasteiger partial charge in [0.2, 0.25) is 5.91 Å². The maximum atomic E-state index is 12.5. The number of aryl methyl sites for hydroxylation is 1. The van der Waals surface area contributed by atoms with Crippen molar-refractivity contribution in [2.75, 3.05) is 5.32 Å². The molecule has 34 heavy (non-hydrogen) atoms. The van der Waals surface area contributed by atoms with Gasteiger partial charge in [0.1, 0.15) is 17.2 Å². The number of amides is 1. The lowest BCUT2D eigenvalue weighted by atomic mass is 10.0. The number of carbonyl (C=O) groups excluding carboxylic acids is 2. The van der Waals surface area contributed by atoms with Crippen LogP contribution in [-0.4, -0.2) is 16.9 Å². The van der Waals surface area contributed by atoms with Crippen molar-refractivity contribution in [3.05, 3.63) is 94.1 Å². The first kappa shape index (κ1) is 21.9. The first-order valence-electron chi connectivity index (χ1n) is 10.9. The topological polar surface area (TPSA) is 81.4 Å². The summed E-state index contributed by atoms with van der Waals surface area (Å²) in [5.41, 5.74) is 3.96. The number of carbonyl (C=O) groups is 2. The number of hydrogen-bond donors (Lipinski definition) is 1. The monoisotopic (exact) mass is 470 g/mol. The summed E-state index contributed by atoms with van der Waals surface area (Å²) in [4.78, 5) is 29.3. The van der Waals surface area contributed by atoms with Crippen LogP contribution in [0.3, 0.4) is 0 Å². The zero-order valence-electron chi connectivity index (χ0n) is 18.5. The summed E-state index contributed by atoms with van der Waals surface area (Å²) in [6.07, 6.45) is 1.89. The number of nitrogens with one attached hydrogen (secondary N) is 1. The number of aromatic nitrogens is 1. The van der Waals surface area contributed by atoms with E-state index in [-0.39, 0.29) is 31.3 Å². The normalized spacial score (nSPS) is 11.1. The van der Waals surface area contributed by atoms with Gasteiger partial charge in [-0.25, -0.2) is 4.98 Å². The number of para-hydroxylation sites is 1. The fourth-order valence-electron chi connectivity index (χ4n) is 3.91. The maximum absolute atomic E-state index is 12.5. The molecule has 2 heterocycles. The largest absolute Gasteiger partial charge is 0.464 e. The Bertz CT molecular complexity index is 1500. The SMILES string of the molecule is Cc1ccccc1NC(=O)Cc1nc(COC(=O)Cc2coc3ccc4ccccc4c23)cs1. The molecule has 1 amide bonds. The Morgan fingerprint density at radius 1 is 1.03 bits per heavy atom. The molecule has 0 aliphatic carbocycles. The van der Waals surface area contributed by atoms with E-state index in [9.17, 15) is 9.59 Å². The number of fused-ring (bicyclic) bond motifs is 3. The van der Waals surface area contributed by atoms with Crippen LogP contribution in [0.5, 0.6) is 0 Å². The molecule has 0 saturated heterocycles. The zero-order valence-corrected chi connectivity index (χ0v) is 19.4. The third kappa shape index (κ3) is 4.70. The molecule has 170 valence electrons. The van der Waals surface area contributed by atoms with E-state index < -0.39 is 0 Å². The summed E-state index contributed by atoms with van der Waals surface area (Å²) in [6, 6.07) is 19.5. The van der Waals surface area contributed by atoms with Gasteiger partial charge in [-0.05, 0) is 35.4 Å². The van der Waals surface area contributed by atoms with Crippen LogP contribution < -0.4 is 5.32 Å². The molecule has 0 atom stereocenters. The van der Waals surface area contributed by atoms with Crippen molar-refractivity contribution < 1.29 is 18.7 Å². The third-order valence-electron chi connectivity index (χ3n) is 5.59. The van der Waals surface area contributed by atoms with E-state index in [1.165, 1.54) is 11.3 Å². The lowest BCUT2D eigenvalue weighted by Gasteiger charge is -2.06. The van der Waals surface area contributed by atoms with Gasteiger partial charge in [0, 0.05) is 22.0 Å². The zero-order chi connectivity index (χ0) is 23.5. The van der Waals surface area contributed by atoms with E-state index in [1.807, 2.05) is 73.0 Å². The highest BCUT2D eigenvalue weighted by Gasteiger charge is 2.15. The third-order valence-corrected chi connectivity index (χ3v) is 6.48. The average molecular weight is 471 g/mol.